The minimum atomic E-state index is 0. The molecule has 4 nitrogen and oxygen atoms in total. The summed E-state index contributed by atoms with van der Waals surface area (Å²) < 4.78 is 0. The lowest BCUT2D eigenvalue weighted by molar-refractivity contribution is 0.144. The van der Waals surface area contributed by atoms with Gasteiger partial charge in [-0.1, -0.05) is 0 Å². The van der Waals surface area contributed by atoms with Crippen molar-refractivity contribution < 1.29 is 0 Å². The van der Waals surface area contributed by atoms with Crippen LogP contribution in [-0.2, 0) is 0 Å². The second-order valence-electron chi connectivity index (χ2n) is 5.41. The molecular weight excluding hydrogens is 372 g/mol. The smallest absolute Gasteiger partial charge is 0.0927 e. The first-order valence-corrected chi connectivity index (χ1v) is 6.42. The van der Waals surface area contributed by atoms with Gasteiger partial charge >= 0.3 is 0 Å². The molecule has 0 saturated carbocycles. The van der Waals surface area contributed by atoms with Crippen LogP contribution in [0, 0.1) is 0 Å². The molecule has 0 aliphatic carbocycles. The SMILES string of the molecule is Br.Br.CC(C)N1C=CN(CN2C=CN(C(C)C)C2)C1. The van der Waals surface area contributed by atoms with Crippen LogP contribution in [0.2, 0.25) is 0 Å². The van der Waals surface area contributed by atoms with Gasteiger partial charge in [0.25, 0.3) is 0 Å². The number of nitrogens with zero attached hydrogens (tertiary/aromatic N) is 4. The molecule has 0 spiro atoms. The number of rotatable bonds is 4. The number of halogens is 2. The van der Waals surface area contributed by atoms with Crippen LogP contribution in [0.4, 0.5) is 0 Å². The molecule has 6 heteroatoms. The Morgan fingerprint density at radius 3 is 1.37 bits per heavy atom. The molecule has 0 atom stereocenters. The van der Waals surface area contributed by atoms with Crippen molar-refractivity contribution in [1.82, 2.24) is 19.6 Å². The molecule has 2 aliphatic heterocycles. The first-order chi connectivity index (χ1) is 8.06. The van der Waals surface area contributed by atoms with Crippen molar-refractivity contribution in [3.8, 4) is 0 Å². The third kappa shape index (κ3) is 4.91. The summed E-state index contributed by atoms with van der Waals surface area (Å²) in [6.07, 6.45) is 8.74. The maximum atomic E-state index is 2.35. The van der Waals surface area contributed by atoms with Gasteiger partial charge in [-0.2, -0.15) is 0 Å². The van der Waals surface area contributed by atoms with Crippen LogP contribution in [0.3, 0.4) is 0 Å². The summed E-state index contributed by atoms with van der Waals surface area (Å²) in [5, 5.41) is 0. The highest BCUT2D eigenvalue weighted by Crippen LogP contribution is 2.14. The molecule has 0 aromatic heterocycles. The molecule has 0 bridgehead atoms. The minimum Gasteiger partial charge on any atom is -0.356 e. The fourth-order valence-electron chi connectivity index (χ4n) is 2.06. The van der Waals surface area contributed by atoms with Gasteiger partial charge < -0.3 is 19.6 Å². The Morgan fingerprint density at radius 2 is 1.11 bits per heavy atom. The van der Waals surface area contributed by atoms with Crippen molar-refractivity contribution >= 4 is 34.0 Å². The van der Waals surface area contributed by atoms with Crippen molar-refractivity contribution in [2.45, 2.75) is 39.8 Å². The maximum Gasteiger partial charge on any atom is 0.0927 e. The van der Waals surface area contributed by atoms with Gasteiger partial charge in [0, 0.05) is 36.9 Å². The molecule has 0 aromatic rings. The van der Waals surface area contributed by atoms with Crippen molar-refractivity contribution in [2.75, 3.05) is 20.0 Å². The van der Waals surface area contributed by atoms with E-state index in [0.29, 0.717) is 12.1 Å². The van der Waals surface area contributed by atoms with Gasteiger partial charge in [0.15, 0.2) is 0 Å². The third-order valence-corrected chi connectivity index (χ3v) is 3.32. The zero-order chi connectivity index (χ0) is 12.4. The summed E-state index contributed by atoms with van der Waals surface area (Å²) in [5.41, 5.74) is 0. The topological polar surface area (TPSA) is 13.0 Å². The van der Waals surface area contributed by atoms with E-state index in [2.05, 4.69) is 72.1 Å². The van der Waals surface area contributed by atoms with Crippen LogP contribution in [0.25, 0.3) is 0 Å². The molecule has 0 unspecified atom stereocenters. The average Bonchev–Trinajstić information content (AvgIpc) is 2.87. The Balaban J connectivity index is 0.00000162. The van der Waals surface area contributed by atoms with Gasteiger partial charge in [0.2, 0.25) is 0 Å². The lowest BCUT2D eigenvalue weighted by atomic mass is 10.4. The van der Waals surface area contributed by atoms with E-state index in [4.69, 9.17) is 0 Å². The molecule has 112 valence electrons. The molecule has 0 fully saturated rings. The first kappa shape index (κ1) is 18.6. The van der Waals surface area contributed by atoms with Crippen molar-refractivity contribution in [3.05, 3.63) is 24.8 Å². The highest BCUT2D eigenvalue weighted by molar-refractivity contribution is 8.93. The predicted octanol–water partition coefficient (Wildman–Crippen LogP) is 3.01. The van der Waals surface area contributed by atoms with E-state index >= 15 is 0 Å². The Bertz CT molecular complexity index is 288. The largest absolute Gasteiger partial charge is 0.356 e. The fraction of sp³-hybridized carbons (Fsp3) is 0.692. The lowest BCUT2D eigenvalue weighted by Crippen LogP contribution is -2.38. The van der Waals surface area contributed by atoms with E-state index in [1.165, 1.54) is 0 Å². The molecule has 19 heavy (non-hydrogen) atoms. The summed E-state index contributed by atoms with van der Waals surface area (Å²) in [6, 6.07) is 1.16. The van der Waals surface area contributed by atoms with E-state index in [9.17, 15) is 0 Å². The normalized spacial score (nSPS) is 17.6. The molecule has 0 saturated heterocycles. The molecule has 2 rings (SSSR count). The predicted molar refractivity (Wildman–Crippen MR) is 91.2 cm³/mol. The summed E-state index contributed by atoms with van der Waals surface area (Å²) >= 11 is 0. The summed E-state index contributed by atoms with van der Waals surface area (Å²) in [5.74, 6) is 0. The maximum absolute atomic E-state index is 2.35. The van der Waals surface area contributed by atoms with Crippen LogP contribution in [0.15, 0.2) is 24.8 Å². The quantitative estimate of drug-likeness (QED) is 0.722. The zero-order valence-electron chi connectivity index (χ0n) is 12.2. The third-order valence-electron chi connectivity index (χ3n) is 3.32. The highest BCUT2D eigenvalue weighted by atomic mass is 79.9. The molecule has 0 N–H and O–H groups in total. The second kappa shape index (κ2) is 8.04. The van der Waals surface area contributed by atoms with Crippen molar-refractivity contribution in [1.29, 1.82) is 0 Å². The molecule has 0 amide bonds. The van der Waals surface area contributed by atoms with E-state index in [1.807, 2.05) is 0 Å². The minimum absolute atomic E-state index is 0. The van der Waals surface area contributed by atoms with Crippen LogP contribution in [-0.4, -0.2) is 51.7 Å². The van der Waals surface area contributed by atoms with Gasteiger partial charge in [-0.3, -0.25) is 0 Å². The van der Waals surface area contributed by atoms with Crippen molar-refractivity contribution in [3.63, 3.8) is 0 Å². The van der Waals surface area contributed by atoms with Gasteiger partial charge in [-0.05, 0) is 27.7 Å². The molecule has 2 heterocycles. The van der Waals surface area contributed by atoms with E-state index < -0.39 is 0 Å². The van der Waals surface area contributed by atoms with Gasteiger partial charge in [0.05, 0.1) is 20.0 Å². The van der Waals surface area contributed by atoms with Gasteiger partial charge in [-0.25, -0.2) is 0 Å². The summed E-state index contributed by atoms with van der Waals surface area (Å²) in [6.45, 7) is 11.9. The molecule has 0 radical (unpaired) electrons. The Kier molecular flexibility index (Phi) is 7.89. The number of hydrogen-bond donors (Lipinski definition) is 0. The van der Waals surface area contributed by atoms with Crippen molar-refractivity contribution in [2.24, 2.45) is 0 Å². The van der Waals surface area contributed by atoms with E-state index in [0.717, 1.165) is 20.0 Å². The molecule has 0 aromatic carbocycles. The summed E-state index contributed by atoms with van der Waals surface area (Å²) in [7, 11) is 0. The Labute approximate surface area is 138 Å². The van der Waals surface area contributed by atoms with Crippen LogP contribution in [0.1, 0.15) is 27.7 Å². The van der Waals surface area contributed by atoms with Crippen LogP contribution < -0.4 is 0 Å². The first-order valence-electron chi connectivity index (χ1n) is 6.42. The fourth-order valence-corrected chi connectivity index (χ4v) is 2.06. The van der Waals surface area contributed by atoms with E-state index in [-0.39, 0.29) is 34.0 Å². The van der Waals surface area contributed by atoms with Crippen LogP contribution in [0.5, 0.6) is 0 Å². The van der Waals surface area contributed by atoms with Gasteiger partial charge in [0.1, 0.15) is 0 Å². The average molecular weight is 398 g/mol. The monoisotopic (exact) mass is 396 g/mol. The standard InChI is InChI=1S/C13H24N4.2BrH/c1-12(2)16-7-5-14(10-16)9-15-6-8-17(11-15)13(3)4;;/h5-8,12-13H,9-11H2,1-4H3;2*1H. The summed E-state index contributed by atoms with van der Waals surface area (Å²) in [4.78, 5) is 9.38. The lowest BCUT2D eigenvalue weighted by Gasteiger charge is -2.29. The highest BCUT2D eigenvalue weighted by Gasteiger charge is 2.19. The molecule has 2 aliphatic rings. The Morgan fingerprint density at radius 1 is 0.737 bits per heavy atom. The molecular formula is C13H26Br2N4. The van der Waals surface area contributed by atoms with E-state index in [1.54, 1.807) is 0 Å². The van der Waals surface area contributed by atoms with Gasteiger partial charge in [-0.15, -0.1) is 34.0 Å². The Hall–Kier alpha value is -0.360. The zero-order valence-corrected chi connectivity index (χ0v) is 15.6. The van der Waals surface area contributed by atoms with Crippen LogP contribution >= 0.6 is 34.0 Å². The second-order valence-corrected chi connectivity index (χ2v) is 5.41. The number of hydrogen-bond acceptors (Lipinski definition) is 4.